The van der Waals surface area contributed by atoms with Crippen LogP contribution in [0.3, 0.4) is 0 Å². The number of amides is 1. The van der Waals surface area contributed by atoms with Gasteiger partial charge in [-0.25, -0.2) is 4.98 Å². The number of halogens is 1. The molecule has 0 aliphatic heterocycles. The predicted octanol–water partition coefficient (Wildman–Crippen LogP) is 6.45. The van der Waals surface area contributed by atoms with E-state index in [-0.39, 0.29) is 5.91 Å². The van der Waals surface area contributed by atoms with Crippen LogP contribution in [0.2, 0.25) is 0 Å². The first-order valence-corrected chi connectivity index (χ1v) is 10.8. The van der Waals surface area contributed by atoms with Crippen molar-refractivity contribution in [1.29, 1.82) is 0 Å². The van der Waals surface area contributed by atoms with E-state index < -0.39 is 0 Å². The monoisotopic (exact) mass is 462 g/mol. The first kappa shape index (κ1) is 20.2. The number of aryl methyl sites for hydroxylation is 2. The third-order valence-corrected chi connectivity index (χ3v) is 5.62. The van der Waals surface area contributed by atoms with Crippen molar-refractivity contribution in [2.45, 2.75) is 26.7 Å². The van der Waals surface area contributed by atoms with Gasteiger partial charge in [-0.15, -0.1) is 0 Å². The lowest BCUT2D eigenvalue weighted by molar-refractivity contribution is 0.102. The number of fused-ring (bicyclic) bond motifs is 1. The van der Waals surface area contributed by atoms with Gasteiger partial charge in [-0.2, -0.15) is 0 Å². The van der Waals surface area contributed by atoms with Crippen molar-refractivity contribution in [3.05, 3.63) is 81.8 Å². The summed E-state index contributed by atoms with van der Waals surface area (Å²) in [4.78, 5) is 20.6. The lowest BCUT2D eigenvalue weighted by Crippen LogP contribution is -2.11. The average molecular weight is 463 g/mol. The minimum Gasteiger partial charge on any atom is -0.325 e. The topological polar surface area (TPSA) is 69.8 Å². The Balaban J connectivity index is 1.59. The lowest BCUT2D eigenvalue weighted by atomic mass is 10.0. The molecule has 0 spiro atoms. The van der Waals surface area contributed by atoms with Crippen molar-refractivity contribution in [3.63, 3.8) is 0 Å². The fourth-order valence-electron chi connectivity index (χ4n) is 3.47. The zero-order chi connectivity index (χ0) is 21.1. The molecule has 3 aromatic carbocycles. The molecular formula is C24H23BrN4O. The van der Waals surface area contributed by atoms with Crippen molar-refractivity contribution in [2.75, 3.05) is 10.6 Å². The second kappa shape index (κ2) is 8.71. The highest BCUT2D eigenvalue weighted by Gasteiger charge is 2.12. The number of carbonyl (C=O) groups is 1. The average Bonchev–Trinajstić information content (AvgIpc) is 3.17. The molecule has 1 aromatic heterocycles. The van der Waals surface area contributed by atoms with Gasteiger partial charge in [0.2, 0.25) is 5.95 Å². The Bertz CT molecular complexity index is 1180. The minimum absolute atomic E-state index is 0.159. The maximum absolute atomic E-state index is 12.6. The molecule has 0 saturated heterocycles. The van der Waals surface area contributed by atoms with E-state index in [2.05, 4.69) is 68.6 Å². The van der Waals surface area contributed by atoms with Crippen LogP contribution in [-0.4, -0.2) is 15.9 Å². The molecule has 1 amide bonds. The molecule has 152 valence electrons. The van der Waals surface area contributed by atoms with Gasteiger partial charge in [-0.3, -0.25) is 4.79 Å². The molecule has 0 radical (unpaired) electrons. The number of nitrogens with zero attached hydrogens (tertiary/aromatic N) is 1. The third kappa shape index (κ3) is 4.24. The maximum Gasteiger partial charge on any atom is 0.255 e. The first-order chi connectivity index (χ1) is 14.6. The molecular weight excluding hydrogens is 440 g/mol. The lowest BCUT2D eigenvalue weighted by Gasteiger charge is -2.13. The predicted molar refractivity (Wildman–Crippen MR) is 127 cm³/mol. The van der Waals surface area contributed by atoms with Crippen molar-refractivity contribution >= 4 is 50.2 Å². The van der Waals surface area contributed by atoms with Gasteiger partial charge < -0.3 is 15.6 Å². The maximum atomic E-state index is 12.6. The number of hydrogen-bond donors (Lipinski definition) is 3. The Morgan fingerprint density at radius 3 is 2.37 bits per heavy atom. The summed E-state index contributed by atoms with van der Waals surface area (Å²) in [6.45, 7) is 4.30. The summed E-state index contributed by atoms with van der Waals surface area (Å²) in [5.74, 6) is 0.513. The number of hydrogen-bond acceptors (Lipinski definition) is 3. The smallest absolute Gasteiger partial charge is 0.255 e. The Kier molecular flexibility index (Phi) is 5.86. The molecule has 0 aliphatic carbocycles. The van der Waals surface area contributed by atoms with E-state index in [1.807, 2.05) is 36.4 Å². The van der Waals surface area contributed by atoms with Crippen molar-refractivity contribution < 1.29 is 4.79 Å². The van der Waals surface area contributed by atoms with E-state index in [4.69, 9.17) is 0 Å². The number of imidazole rings is 1. The fourth-order valence-corrected chi connectivity index (χ4v) is 3.73. The number of carbonyl (C=O) groups excluding carboxylic acids is 1. The van der Waals surface area contributed by atoms with Crippen LogP contribution in [0.15, 0.2) is 65.1 Å². The number of rotatable bonds is 6. The number of para-hydroxylation sites is 1. The fraction of sp³-hybridized carbons (Fsp3) is 0.167. The minimum atomic E-state index is -0.159. The quantitative estimate of drug-likeness (QED) is 0.308. The van der Waals surface area contributed by atoms with Crippen LogP contribution in [0.25, 0.3) is 11.0 Å². The second-order valence-electron chi connectivity index (χ2n) is 7.06. The largest absolute Gasteiger partial charge is 0.325 e. The molecule has 0 bridgehead atoms. The summed E-state index contributed by atoms with van der Waals surface area (Å²) < 4.78 is 0.968. The molecule has 0 aliphatic rings. The number of nitrogens with one attached hydrogen (secondary N) is 3. The number of aromatic nitrogens is 2. The van der Waals surface area contributed by atoms with E-state index in [0.29, 0.717) is 11.5 Å². The van der Waals surface area contributed by atoms with Gasteiger partial charge in [0.25, 0.3) is 5.91 Å². The van der Waals surface area contributed by atoms with E-state index in [9.17, 15) is 4.79 Å². The van der Waals surface area contributed by atoms with Crippen molar-refractivity contribution in [3.8, 4) is 0 Å². The summed E-state index contributed by atoms with van der Waals surface area (Å²) in [6, 6.07) is 19.3. The third-order valence-electron chi connectivity index (χ3n) is 5.09. The van der Waals surface area contributed by atoms with Gasteiger partial charge in [-0.05, 0) is 66.4 Å². The highest BCUT2D eigenvalue weighted by Crippen LogP contribution is 2.27. The van der Waals surface area contributed by atoms with E-state index >= 15 is 0 Å². The Labute approximate surface area is 184 Å². The number of H-pyrrole nitrogens is 1. The van der Waals surface area contributed by atoms with E-state index in [1.165, 1.54) is 11.1 Å². The Morgan fingerprint density at radius 2 is 1.70 bits per heavy atom. The molecule has 30 heavy (non-hydrogen) atoms. The standard InChI is InChI=1S/C24H23BrN4O/c1-3-15-6-5-7-16(4-2)22(15)29-24-27-20-13-8-17(14-21(20)28-24)23(30)26-19-11-9-18(25)10-12-19/h5-14H,3-4H2,1-2H3,(H,26,30)(H2,27,28,29). The molecule has 0 atom stereocenters. The molecule has 0 fully saturated rings. The molecule has 4 aromatic rings. The summed E-state index contributed by atoms with van der Waals surface area (Å²) in [6.07, 6.45) is 1.88. The number of benzene rings is 3. The van der Waals surface area contributed by atoms with Gasteiger partial charge in [0.15, 0.2) is 0 Å². The van der Waals surface area contributed by atoms with Crippen LogP contribution < -0.4 is 10.6 Å². The molecule has 4 rings (SSSR count). The van der Waals surface area contributed by atoms with E-state index in [0.717, 1.165) is 39.7 Å². The van der Waals surface area contributed by atoms with Gasteiger partial charge in [0.1, 0.15) is 0 Å². The highest BCUT2D eigenvalue weighted by molar-refractivity contribution is 9.10. The summed E-state index contributed by atoms with van der Waals surface area (Å²) in [5, 5.41) is 6.37. The SMILES string of the molecule is CCc1cccc(CC)c1Nc1nc2ccc(C(=O)Nc3ccc(Br)cc3)cc2[nH]1. The van der Waals surface area contributed by atoms with Gasteiger partial charge in [-0.1, -0.05) is 48.0 Å². The summed E-state index contributed by atoms with van der Waals surface area (Å²) >= 11 is 3.40. The molecule has 1 heterocycles. The van der Waals surface area contributed by atoms with Crippen LogP contribution in [0.4, 0.5) is 17.3 Å². The Hall–Kier alpha value is -3.12. The zero-order valence-corrected chi connectivity index (χ0v) is 18.5. The van der Waals surface area contributed by atoms with Crippen molar-refractivity contribution in [1.82, 2.24) is 9.97 Å². The first-order valence-electron chi connectivity index (χ1n) is 10.0. The molecule has 6 heteroatoms. The molecule has 0 saturated carbocycles. The molecule has 5 nitrogen and oxygen atoms in total. The van der Waals surface area contributed by atoms with Crippen LogP contribution in [0, 0.1) is 0 Å². The molecule has 0 unspecified atom stereocenters. The van der Waals surface area contributed by atoms with E-state index in [1.54, 1.807) is 6.07 Å². The van der Waals surface area contributed by atoms with Crippen LogP contribution in [-0.2, 0) is 12.8 Å². The second-order valence-corrected chi connectivity index (χ2v) is 7.98. The van der Waals surface area contributed by atoms with Gasteiger partial charge in [0.05, 0.1) is 11.0 Å². The number of aromatic amines is 1. The van der Waals surface area contributed by atoms with Crippen LogP contribution >= 0.6 is 15.9 Å². The van der Waals surface area contributed by atoms with Crippen LogP contribution in [0.1, 0.15) is 35.3 Å². The van der Waals surface area contributed by atoms with Crippen LogP contribution in [0.5, 0.6) is 0 Å². The molecule has 3 N–H and O–H groups in total. The number of anilines is 3. The van der Waals surface area contributed by atoms with Gasteiger partial charge >= 0.3 is 0 Å². The normalized spacial score (nSPS) is 10.9. The summed E-state index contributed by atoms with van der Waals surface area (Å²) in [5.41, 5.74) is 6.56. The summed E-state index contributed by atoms with van der Waals surface area (Å²) in [7, 11) is 0. The highest BCUT2D eigenvalue weighted by atomic mass is 79.9. The van der Waals surface area contributed by atoms with Crippen molar-refractivity contribution in [2.24, 2.45) is 0 Å². The van der Waals surface area contributed by atoms with Gasteiger partial charge in [0, 0.05) is 21.4 Å². The zero-order valence-electron chi connectivity index (χ0n) is 16.9. The Morgan fingerprint density at radius 1 is 1.00 bits per heavy atom.